The van der Waals surface area contributed by atoms with Crippen LogP contribution in [0.3, 0.4) is 0 Å². The third-order valence-electron chi connectivity index (χ3n) is 2.29. The quantitative estimate of drug-likeness (QED) is 0.513. The largest absolute Gasteiger partial charge is 0.491 e. The van der Waals surface area contributed by atoms with Crippen LogP contribution in [0.2, 0.25) is 0 Å². The van der Waals surface area contributed by atoms with E-state index < -0.39 is 0 Å². The second-order valence-electron chi connectivity index (χ2n) is 3.69. The zero-order valence-electron chi connectivity index (χ0n) is 10.5. The lowest BCUT2D eigenvalue weighted by Crippen LogP contribution is -2.09. The number of methoxy groups -OCH3 is 1. The van der Waals surface area contributed by atoms with Crippen LogP contribution in [-0.4, -0.2) is 33.5 Å². The van der Waals surface area contributed by atoms with Gasteiger partial charge in [-0.15, -0.1) is 11.6 Å². The standard InChI is InChI=1S/C13H18ClFO3/c1-16-5-2-6-17-7-8-18-13-4-3-12(15)9-11(13)10-14/h3-4,9H,2,5-8,10H2,1H3. The number of hydrogen-bond donors (Lipinski definition) is 0. The van der Waals surface area contributed by atoms with E-state index in [1.54, 1.807) is 13.2 Å². The van der Waals surface area contributed by atoms with Gasteiger partial charge in [0, 0.05) is 25.9 Å². The summed E-state index contributed by atoms with van der Waals surface area (Å²) in [6.07, 6.45) is 0.861. The molecule has 1 aromatic rings. The van der Waals surface area contributed by atoms with Gasteiger partial charge in [-0.05, 0) is 24.6 Å². The highest BCUT2D eigenvalue weighted by Gasteiger charge is 2.04. The van der Waals surface area contributed by atoms with Crippen LogP contribution in [0.5, 0.6) is 5.75 Å². The predicted molar refractivity (Wildman–Crippen MR) is 68.8 cm³/mol. The first kappa shape index (κ1) is 15.2. The van der Waals surface area contributed by atoms with E-state index in [1.807, 2.05) is 0 Å². The molecule has 0 aromatic heterocycles. The van der Waals surface area contributed by atoms with Crippen molar-refractivity contribution < 1.29 is 18.6 Å². The predicted octanol–water partition coefficient (Wildman–Crippen LogP) is 3.00. The minimum Gasteiger partial charge on any atom is -0.491 e. The number of halogens is 2. The van der Waals surface area contributed by atoms with Crippen molar-refractivity contribution in [2.24, 2.45) is 0 Å². The van der Waals surface area contributed by atoms with Gasteiger partial charge in [0.05, 0.1) is 12.5 Å². The van der Waals surface area contributed by atoms with Gasteiger partial charge in [-0.25, -0.2) is 4.39 Å². The molecule has 0 N–H and O–H groups in total. The lowest BCUT2D eigenvalue weighted by atomic mass is 10.2. The van der Waals surface area contributed by atoms with E-state index in [1.165, 1.54) is 12.1 Å². The molecule has 0 saturated carbocycles. The summed E-state index contributed by atoms with van der Waals surface area (Å²) in [4.78, 5) is 0. The molecule has 0 saturated heterocycles. The highest BCUT2D eigenvalue weighted by molar-refractivity contribution is 6.17. The topological polar surface area (TPSA) is 27.7 Å². The van der Waals surface area contributed by atoms with Gasteiger partial charge in [-0.1, -0.05) is 0 Å². The molecule has 0 aliphatic heterocycles. The monoisotopic (exact) mass is 276 g/mol. The molecule has 1 rings (SSSR count). The van der Waals surface area contributed by atoms with Crippen LogP contribution in [-0.2, 0) is 15.4 Å². The molecule has 0 spiro atoms. The van der Waals surface area contributed by atoms with E-state index in [9.17, 15) is 4.39 Å². The molecular formula is C13H18ClFO3. The van der Waals surface area contributed by atoms with Gasteiger partial charge < -0.3 is 14.2 Å². The summed E-state index contributed by atoms with van der Waals surface area (Å²) in [5, 5.41) is 0. The van der Waals surface area contributed by atoms with Gasteiger partial charge in [0.25, 0.3) is 0 Å². The van der Waals surface area contributed by atoms with Gasteiger partial charge >= 0.3 is 0 Å². The Kier molecular flexibility index (Phi) is 7.73. The average molecular weight is 277 g/mol. The van der Waals surface area contributed by atoms with Crippen molar-refractivity contribution in [3.8, 4) is 5.75 Å². The molecule has 0 aliphatic carbocycles. The first-order chi connectivity index (χ1) is 8.77. The smallest absolute Gasteiger partial charge is 0.124 e. The van der Waals surface area contributed by atoms with E-state index in [0.717, 1.165) is 6.42 Å². The SMILES string of the molecule is COCCCOCCOc1ccc(F)cc1CCl. The molecule has 0 radical (unpaired) electrons. The fourth-order valence-electron chi connectivity index (χ4n) is 1.41. The molecule has 102 valence electrons. The fourth-order valence-corrected chi connectivity index (χ4v) is 1.62. The molecule has 0 atom stereocenters. The third kappa shape index (κ3) is 5.67. The van der Waals surface area contributed by atoms with E-state index >= 15 is 0 Å². The number of rotatable bonds is 9. The van der Waals surface area contributed by atoms with Crippen LogP contribution in [0.15, 0.2) is 18.2 Å². The maximum absolute atomic E-state index is 12.9. The van der Waals surface area contributed by atoms with Crippen molar-refractivity contribution in [2.75, 3.05) is 33.5 Å². The van der Waals surface area contributed by atoms with Crippen LogP contribution < -0.4 is 4.74 Å². The summed E-state index contributed by atoms with van der Waals surface area (Å²) in [6, 6.07) is 4.31. The molecule has 5 heteroatoms. The maximum atomic E-state index is 12.9. The van der Waals surface area contributed by atoms with Crippen LogP contribution >= 0.6 is 11.6 Å². The van der Waals surface area contributed by atoms with Crippen molar-refractivity contribution in [1.82, 2.24) is 0 Å². The molecule has 0 unspecified atom stereocenters. The van der Waals surface area contributed by atoms with Crippen LogP contribution in [0, 0.1) is 5.82 Å². The van der Waals surface area contributed by atoms with Crippen molar-refractivity contribution in [3.05, 3.63) is 29.6 Å². The van der Waals surface area contributed by atoms with Crippen molar-refractivity contribution in [3.63, 3.8) is 0 Å². The van der Waals surface area contributed by atoms with Crippen molar-refractivity contribution in [2.45, 2.75) is 12.3 Å². The summed E-state index contributed by atoms with van der Waals surface area (Å²) in [7, 11) is 1.66. The summed E-state index contributed by atoms with van der Waals surface area (Å²) in [5.74, 6) is 0.516. The number of benzene rings is 1. The Hall–Kier alpha value is -0.840. The molecule has 1 aromatic carbocycles. The highest BCUT2D eigenvalue weighted by atomic mass is 35.5. The molecule has 0 bridgehead atoms. The van der Waals surface area contributed by atoms with Gasteiger partial charge in [-0.2, -0.15) is 0 Å². The van der Waals surface area contributed by atoms with Crippen LogP contribution in [0.1, 0.15) is 12.0 Å². The zero-order valence-corrected chi connectivity index (χ0v) is 11.2. The molecule has 3 nitrogen and oxygen atoms in total. The number of ether oxygens (including phenoxy) is 3. The van der Waals surface area contributed by atoms with E-state index in [0.29, 0.717) is 37.7 Å². The van der Waals surface area contributed by atoms with E-state index in [4.69, 9.17) is 25.8 Å². The highest BCUT2D eigenvalue weighted by Crippen LogP contribution is 2.21. The van der Waals surface area contributed by atoms with E-state index in [-0.39, 0.29) is 11.7 Å². The molecule has 0 amide bonds. The lowest BCUT2D eigenvalue weighted by Gasteiger charge is -2.10. The Morgan fingerprint density at radius 1 is 1.17 bits per heavy atom. The fraction of sp³-hybridized carbons (Fsp3) is 0.538. The Morgan fingerprint density at radius 2 is 2.00 bits per heavy atom. The normalized spacial score (nSPS) is 10.6. The average Bonchev–Trinajstić information content (AvgIpc) is 2.39. The van der Waals surface area contributed by atoms with Gasteiger partial charge in [0.1, 0.15) is 18.2 Å². The number of alkyl halides is 1. The number of hydrogen-bond acceptors (Lipinski definition) is 3. The van der Waals surface area contributed by atoms with Crippen molar-refractivity contribution >= 4 is 11.6 Å². The Morgan fingerprint density at radius 3 is 2.72 bits per heavy atom. The third-order valence-corrected chi connectivity index (χ3v) is 2.58. The molecule has 18 heavy (non-hydrogen) atoms. The minimum atomic E-state index is -0.311. The summed E-state index contributed by atoms with van der Waals surface area (Å²) >= 11 is 5.71. The van der Waals surface area contributed by atoms with E-state index in [2.05, 4.69) is 0 Å². The lowest BCUT2D eigenvalue weighted by molar-refractivity contribution is 0.0804. The summed E-state index contributed by atoms with van der Waals surface area (Å²) in [6.45, 7) is 2.24. The Labute approximate surface area is 112 Å². The molecule has 0 heterocycles. The summed E-state index contributed by atoms with van der Waals surface area (Å²) < 4.78 is 28.7. The van der Waals surface area contributed by atoms with Crippen LogP contribution in [0.4, 0.5) is 4.39 Å². The molecule has 0 aliphatic rings. The van der Waals surface area contributed by atoms with Gasteiger partial charge in [-0.3, -0.25) is 0 Å². The zero-order chi connectivity index (χ0) is 13.2. The maximum Gasteiger partial charge on any atom is 0.124 e. The first-order valence-corrected chi connectivity index (χ1v) is 6.35. The summed E-state index contributed by atoms with van der Waals surface area (Å²) in [5.41, 5.74) is 0.649. The Bertz CT molecular complexity index is 347. The first-order valence-electron chi connectivity index (χ1n) is 5.81. The minimum absolute atomic E-state index is 0.224. The molecular weight excluding hydrogens is 259 g/mol. The van der Waals surface area contributed by atoms with Gasteiger partial charge in [0.15, 0.2) is 0 Å². The van der Waals surface area contributed by atoms with Crippen LogP contribution in [0.25, 0.3) is 0 Å². The van der Waals surface area contributed by atoms with Crippen molar-refractivity contribution in [1.29, 1.82) is 0 Å². The second-order valence-corrected chi connectivity index (χ2v) is 3.96. The Balaban J connectivity index is 2.22. The molecule has 0 fully saturated rings. The van der Waals surface area contributed by atoms with Gasteiger partial charge in [0.2, 0.25) is 0 Å². The second kappa shape index (κ2) is 9.14.